The first kappa shape index (κ1) is 24.6. The topological polar surface area (TPSA) is 108 Å². The Balaban J connectivity index is 1.63. The summed E-state index contributed by atoms with van der Waals surface area (Å²) in [4.78, 5) is 15.7. The number of carbonyl (C=O) groups is 1. The summed E-state index contributed by atoms with van der Waals surface area (Å²) >= 11 is 0. The minimum atomic E-state index is -3.48. The molecule has 2 aromatic rings. The van der Waals surface area contributed by atoms with Crippen molar-refractivity contribution in [3.05, 3.63) is 52.9 Å². The molecule has 1 fully saturated rings. The number of hydrogen-bond acceptors (Lipinski definition) is 6. The fourth-order valence-corrected chi connectivity index (χ4v) is 5.57. The molecule has 1 aromatic heterocycles. The van der Waals surface area contributed by atoms with Crippen LogP contribution >= 0.6 is 0 Å². The summed E-state index contributed by atoms with van der Waals surface area (Å²) in [6.45, 7) is 6.60. The minimum absolute atomic E-state index is 0.0909. The molecule has 0 saturated carbocycles. The molecule has 1 amide bonds. The van der Waals surface area contributed by atoms with Gasteiger partial charge >= 0.3 is 6.09 Å². The van der Waals surface area contributed by atoms with Gasteiger partial charge in [-0.1, -0.05) is 0 Å². The summed E-state index contributed by atoms with van der Waals surface area (Å²) < 4.78 is 53.2. The fraction of sp³-hybridized carbons (Fsp3) is 0.545. The molecule has 0 aliphatic carbocycles. The molecule has 186 valence electrons. The van der Waals surface area contributed by atoms with Crippen LogP contribution in [0.1, 0.15) is 50.1 Å². The number of aromatic nitrogens is 2. The SMILES string of the molecule is CC(C)(C)N(C(=O)O)[C@H]1C[C@@H](N2Cc3cn(S(C)(=O)=O)nc3C2)CN[C@H]1c1cc(F)ccc1F. The lowest BCUT2D eigenvalue weighted by atomic mass is 9.85. The third-order valence-corrected chi connectivity index (χ3v) is 7.33. The van der Waals surface area contributed by atoms with Gasteiger partial charge in [-0.15, -0.1) is 0 Å². The maximum atomic E-state index is 14.7. The van der Waals surface area contributed by atoms with Crippen LogP contribution in [0, 0.1) is 11.6 Å². The second kappa shape index (κ2) is 8.58. The van der Waals surface area contributed by atoms with Crippen LogP contribution in [0.15, 0.2) is 24.4 Å². The van der Waals surface area contributed by atoms with Gasteiger partial charge in [0.15, 0.2) is 0 Å². The Morgan fingerprint density at radius 1 is 1.26 bits per heavy atom. The zero-order chi connectivity index (χ0) is 25.0. The van der Waals surface area contributed by atoms with Gasteiger partial charge in [0.05, 0.1) is 24.0 Å². The molecule has 0 spiro atoms. The molecule has 3 heterocycles. The van der Waals surface area contributed by atoms with E-state index in [0.29, 0.717) is 31.7 Å². The van der Waals surface area contributed by atoms with E-state index >= 15 is 0 Å². The molecule has 1 saturated heterocycles. The first-order chi connectivity index (χ1) is 15.8. The van der Waals surface area contributed by atoms with Gasteiger partial charge in [-0.25, -0.2) is 22.0 Å². The van der Waals surface area contributed by atoms with Gasteiger partial charge in [0, 0.05) is 48.5 Å². The van der Waals surface area contributed by atoms with E-state index in [9.17, 15) is 27.1 Å². The summed E-state index contributed by atoms with van der Waals surface area (Å²) in [5.41, 5.74) is 0.761. The molecule has 2 aliphatic rings. The van der Waals surface area contributed by atoms with Crippen LogP contribution < -0.4 is 5.32 Å². The number of rotatable bonds is 4. The number of halogens is 2. The summed E-state index contributed by atoms with van der Waals surface area (Å²) in [6, 6.07) is 1.68. The first-order valence-corrected chi connectivity index (χ1v) is 12.8. The Morgan fingerprint density at radius 3 is 2.56 bits per heavy atom. The van der Waals surface area contributed by atoms with Crippen molar-refractivity contribution >= 4 is 16.1 Å². The van der Waals surface area contributed by atoms with E-state index in [0.717, 1.165) is 34.1 Å². The Labute approximate surface area is 197 Å². The van der Waals surface area contributed by atoms with Crippen LogP contribution in [0.2, 0.25) is 0 Å². The van der Waals surface area contributed by atoms with Crippen molar-refractivity contribution in [1.29, 1.82) is 0 Å². The lowest BCUT2D eigenvalue weighted by Crippen LogP contribution is -2.61. The second-order valence-electron chi connectivity index (χ2n) is 9.97. The van der Waals surface area contributed by atoms with Crippen LogP contribution in [0.3, 0.4) is 0 Å². The highest BCUT2D eigenvalue weighted by atomic mass is 32.2. The number of hydrogen-bond donors (Lipinski definition) is 2. The van der Waals surface area contributed by atoms with Gasteiger partial charge < -0.3 is 10.4 Å². The first-order valence-electron chi connectivity index (χ1n) is 11.0. The molecule has 3 atom stereocenters. The molecule has 1 aromatic carbocycles. The normalized spacial score (nSPS) is 23.6. The number of fused-ring (bicyclic) bond motifs is 1. The number of nitrogens with zero attached hydrogens (tertiary/aromatic N) is 4. The average Bonchev–Trinajstić information content (AvgIpc) is 3.28. The summed E-state index contributed by atoms with van der Waals surface area (Å²) in [7, 11) is -3.48. The monoisotopic (exact) mass is 497 g/mol. The van der Waals surface area contributed by atoms with E-state index in [1.165, 1.54) is 11.1 Å². The standard InChI is InChI=1S/C22H29F2N5O4S/c1-22(2,3)29(21(30)31)19-8-15(9-25-20(19)16-7-14(23)5-6-17(16)24)27-10-13-11-28(34(4,32)33)26-18(13)12-27/h5-7,11,15,19-20,25H,8-10,12H2,1-4H3,(H,30,31)/t15-,19+,20+/m1/s1. The maximum Gasteiger partial charge on any atom is 0.408 e. The van der Waals surface area contributed by atoms with Crippen molar-refractivity contribution in [2.24, 2.45) is 0 Å². The van der Waals surface area contributed by atoms with Crippen LogP contribution in [0.25, 0.3) is 0 Å². The molecule has 12 heteroatoms. The molecular weight excluding hydrogens is 468 g/mol. The summed E-state index contributed by atoms with van der Waals surface area (Å²) in [5.74, 6) is -1.19. The van der Waals surface area contributed by atoms with Crippen molar-refractivity contribution in [2.45, 2.75) is 63.9 Å². The number of nitrogens with one attached hydrogen (secondary N) is 1. The number of amides is 1. The highest BCUT2D eigenvalue weighted by Gasteiger charge is 2.44. The Hall–Kier alpha value is -2.57. The van der Waals surface area contributed by atoms with Gasteiger partial charge in [-0.3, -0.25) is 9.80 Å². The predicted octanol–water partition coefficient (Wildman–Crippen LogP) is 2.53. The van der Waals surface area contributed by atoms with E-state index in [4.69, 9.17) is 0 Å². The van der Waals surface area contributed by atoms with Crippen molar-refractivity contribution in [1.82, 2.24) is 24.3 Å². The zero-order valence-corrected chi connectivity index (χ0v) is 20.3. The molecule has 0 bridgehead atoms. The van der Waals surface area contributed by atoms with Crippen LogP contribution in [-0.4, -0.2) is 69.0 Å². The largest absolute Gasteiger partial charge is 0.465 e. The van der Waals surface area contributed by atoms with Crippen molar-refractivity contribution in [3.63, 3.8) is 0 Å². The fourth-order valence-electron chi connectivity index (χ4n) is 5.01. The molecule has 4 rings (SSSR count). The number of piperidine rings is 1. The Morgan fingerprint density at radius 2 is 1.97 bits per heavy atom. The molecule has 0 unspecified atom stereocenters. The molecule has 0 radical (unpaired) electrons. The third-order valence-electron chi connectivity index (χ3n) is 6.46. The van der Waals surface area contributed by atoms with E-state index in [1.54, 1.807) is 20.8 Å². The van der Waals surface area contributed by atoms with Crippen molar-refractivity contribution < 1.29 is 27.1 Å². The maximum absolute atomic E-state index is 14.7. The quantitative estimate of drug-likeness (QED) is 0.668. The molecular formula is C22H29F2N5O4S. The lowest BCUT2D eigenvalue weighted by molar-refractivity contribution is 0.0193. The smallest absolute Gasteiger partial charge is 0.408 e. The van der Waals surface area contributed by atoms with Gasteiger partial charge in [0.25, 0.3) is 10.0 Å². The highest BCUT2D eigenvalue weighted by molar-refractivity contribution is 7.89. The number of benzene rings is 1. The molecule has 2 N–H and O–H groups in total. The number of carboxylic acid groups (broad SMARTS) is 1. The summed E-state index contributed by atoms with van der Waals surface area (Å²) in [6.07, 6.45) is 1.83. The Kier molecular flexibility index (Phi) is 6.19. The molecule has 2 aliphatic heterocycles. The zero-order valence-electron chi connectivity index (χ0n) is 19.5. The van der Waals surface area contributed by atoms with E-state index < -0.39 is 45.4 Å². The van der Waals surface area contributed by atoms with E-state index in [2.05, 4.69) is 15.3 Å². The van der Waals surface area contributed by atoms with Crippen LogP contribution in [-0.2, 0) is 23.1 Å². The molecule has 9 nitrogen and oxygen atoms in total. The molecule has 34 heavy (non-hydrogen) atoms. The van der Waals surface area contributed by atoms with Gasteiger partial charge in [0.1, 0.15) is 11.6 Å². The van der Waals surface area contributed by atoms with Crippen LogP contribution in [0.4, 0.5) is 13.6 Å². The lowest BCUT2D eigenvalue weighted by Gasteiger charge is -2.48. The van der Waals surface area contributed by atoms with Gasteiger partial charge in [-0.2, -0.15) is 9.19 Å². The van der Waals surface area contributed by atoms with E-state index in [-0.39, 0.29) is 11.6 Å². The third kappa shape index (κ3) is 4.66. The van der Waals surface area contributed by atoms with Gasteiger partial charge in [-0.05, 0) is 45.4 Å². The Bertz CT molecular complexity index is 1190. The second-order valence-corrected chi connectivity index (χ2v) is 11.8. The highest BCUT2D eigenvalue weighted by Crippen LogP contribution is 2.36. The summed E-state index contributed by atoms with van der Waals surface area (Å²) in [5, 5.41) is 17.5. The van der Waals surface area contributed by atoms with Crippen molar-refractivity contribution in [3.8, 4) is 0 Å². The van der Waals surface area contributed by atoms with Crippen molar-refractivity contribution in [2.75, 3.05) is 12.8 Å². The van der Waals surface area contributed by atoms with Crippen LogP contribution in [0.5, 0.6) is 0 Å². The predicted molar refractivity (Wildman–Crippen MR) is 121 cm³/mol. The van der Waals surface area contributed by atoms with E-state index in [1.807, 2.05) is 0 Å². The average molecular weight is 498 g/mol. The minimum Gasteiger partial charge on any atom is -0.465 e. The van der Waals surface area contributed by atoms with Gasteiger partial charge in [0.2, 0.25) is 0 Å².